The van der Waals surface area contributed by atoms with Crippen molar-refractivity contribution in [2.45, 2.75) is 0 Å². The van der Waals surface area contributed by atoms with Crippen LogP contribution in [0.3, 0.4) is 0 Å². The Morgan fingerprint density at radius 3 is 2.70 bits per heavy atom. The van der Waals surface area contributed by atoms with E-state index in [1.165, 1.54) is 11.4 Å². The van der Waals surface area contributed by atoms with Crippen molar-refractivity contribution in [1.82, 2.24) is 0 Å². The second kappa shape index (κ2) is 3.27. The molecule has 0 atom stereocenters. The lowest BCUT2D eigenvalue weighted by Crippen LogP contribution is -1.84. The lowest BCUT2D eigenvalue weighted by Gasteiger charge is -1.90. The average molecular weight is 156 g/mol. The Balaban J connectivity index is 3.14. The monoisotopic (exact) mass is 156 g/mol. The molecule has 0 saturated heterocycles. The fraction of sp³-hybridized carbons (Fsp3) is 0. The Bertz CT molecular complexity index is 279. The predicted octanol–water partition coefficient (Wildman–Crippen LogP) is 1.19. The minimum absolute atomic E-state index is 0.254. The fourth-order valence-electron chi connectivity index (χ4n) is 0.623. The van der Waals surface area contributed by atoms with Crippen molar-refractivity contribution >= 4 is 16.6 Å². The first kappa shape index (κ1) is 7.15. The molecule has 0 aliphatic carbocycles. The number of hydrogen-bond donors (Lipinski definition) is 0. The van der Waals surface area contributed by atoms with Crippen molar-refractivity contribution in [3.05, 3.63) is 35.6 Å². The Kier molecular flexibility index (Phi) is 2.34. The fourth-order valence-corrected chi connectivity index (χ4v) is 0.917. The van der Waals surface area contributed by atoms with E-state index in [0.717, 1.165) is 0 Å². The molecule has 1 rings (SSSR count). The van der Waals surface area contributed by atoms with E-state index < -0.39 is 0 Å². The van der Waals surface area contributed by atoms with Crippen molar-refractivity contribution in [1.29, 1.82) is 0 Å². The van der Waals surface area contributed by atoms with Crippen LogP contribution in [0.25, 0.3) is 0 Å². The lowest BCUT2D eigenvalue weighted by atomic mass is 10.2. The molecular weight excluding hydrogens is 151 g/mol. The Labute approximate surface area is 61.6 Å². The van der Waals surface area contributed by atoms with Crippen LogP contribution in [-0.4, -0.2) is 9.58 Å². The first-order valence-corrected chi connectivity index (χ1v) is 3.51. The van der Waals surface area contributed by atoms with Crippen LogP contribution < -0.4 is 0 Å². The highest BCUT2D eigenvalue weighted by molar-refractivity contribution is 7.65. The lowest BCUT2D eigenvalue weighted by molar-refractivity contribution is 0.626. The molecule has 1 nitrogen and oxygen atoms in total. The topological polar surface area (TPSA) is 17.1 Å². The maximum atomic E-state index is 12.6. The van der Waals surface area contributed by atoms with Gasteiger partial charge in [-0.05, 0) is 6.07 Å². The van der Waals surface area contributed by atoms with E-state index in [1.807, 2.05) is 0 Å². The van der Waals surface area contributed by atoms with E-state index >= 15 is 0 Å². The molecule has 0 radical (unpaired) electrons. The van der Waals surface area contributed by atoms with E-state index in [4.69, 9.17) is 0 Å². The molecule has 0 fully saturated rings. The van der Waals surface area contributed by atoms with E-state index in [0.29, 0.717) is 5.56 Å². The molecule has 0 unspecified atom stereocenters. The van der Waals surface area contributed by atoms with Crippen LogP contribution in [0.2, 0.25) is 0 Å². The summed E-state index contributed by atoms with van der Waals surface area (Å²) >= 11 is 0.254. The average Bonchev–Trinajstić information content (AvgIpc) is 1.94. The molecular formula is C7H5FOS. The minimum Gasteiger partial charge on any atom is -0.212 e. The summed E-state index contributed by atoms with van der Waals surface area (Å²) in [5.74, 6) is -0.356. The SMILES string of the molecule is O=S=Cc1ccccc1F. The summed E-state index contributed by atoms with van der Waals surface area (Å²) in [5.41, 5.74) is 0.350. The van der Waals surface area contributed by atoms with Crippen LogP contribution in [0.4, 0.5) is 4.39 Å². The van der Waals surface area contributed by atoms with E-state index in [1.54, 1.807) is 18.2 Å². The highest BCUT2D eigenvalue weighted by Crippen LogP contribution is 2.01. The molecule has 0 spiro atoms. The van der Waals surface area contributed by atoms with Gasteiger partial charge in [0.15, 0.2) is 0 Å². The Hall–Kier alpha value is -0.960. The Morgan fingerprint density at radius 1 is 1.40 bits per heavy atom. The van der Waals surface area contributed by atoms with Crippen molar-refractivity contribution in [3.8, 4) is 0 Å². The highest BCUT2D eigenvalue weighted by atomic mass is 32.1. The van der Waals surface area contributed by atoms with E-state index in [2.05, 4.69) is 0 Å². The zero-order valence-electron chi connectivity index (χ0n) is 5.08. The van der Waals surface area contributed by atoms with Gasteiger partial charge in [-0.25, -0.2) is 8.60 Å². The molecule has 0 N–H and O–H groups in total. The summed E-state index contributed by atoms with van der Waals surface area (Å²) in [5, 5.41) is 1.23. The van der Waals surface area contributed by atoms with Crippen molar-refractivity contribution < 1.29 is 8.60 Å². The number of hydrogen-bond acceptors (Lipinski definition) is 1. The normalized spacial score (nSPS) is 8.90. The third-order valence-corrected chi connectivity index (χ3v) is 1.43. The molecule has 10 heavy (non-hydrogen) atoms. The van der Waals surface area contributed by atoms with Crippen LogP contribution >= 0.6 is 0 Å². The molecule has 0 saturated carbocycles. The summed E-state index contributed by atoms with van der Waals surface area (Å²) in [7, 11) is 0. The van der Waals surface area contributed by atoms with Crippen molar-refractivity contribution in [2.75, 3.05) is 0 Å². The van der Waals surface area contributed by atoms with Gasteiger partial charge >= 0.3 is 0 Å². The molecule has 52 valence electrons. The molecule has 0 aliphatic rings. The zero-order valence-corrected chi connectivity index (χ0v) is 5.90. The summed E-state index contributed by atoms with van der Waals surface area (Å²) in [4.78, 5) is 0. The summed E-state index contributed by atoms with van der Waals surface area (Å²) < 4.78 is 22.5. The highest BCUT2D eigenvalue weighted by Gasteiger charge is 1.93. The third kappa shape index (κ3) is 1.51. The number of halogens is 1. The third-order valence-electron chi connectivity index (χ3n) is 1.08. The predicted molar refractivity (Wildman–Crippen MR) is 39.7 cm³/mol. The molecule has 0 aromatic heterocycles. The first-order chi connectivity index (χ1) is 4.84. The minimum atomic E-state index is -0.356. The van der Waals surface area contributed by atoms with Gasteiger partial charge in [0.1, 0.15) is 5.82 Å². The van der Waals surface area contributed by atoms with Crippen LogP contribution in [0.1, 0.15) is 5.56 Å². The summed E-state index contributed by atoms with van der Waals surface area (Å²) in [6, 6.07) is 6.15. The number of rotatable bonds is 1. The van der Waals surface area contributed by atoms with Gasteiger partial charge in [-0.2, -0.15) is 0 Å². The smallest absolute Gasteiger partial charge is 0.131 e. The van der Waals surface area contributed by atoms with Gasteiger partial charge in [-0.3, -0.25) is 0 Å². The molecule has 1 aromatic carbocycles. The van der Waals surface area contributed by atoms with Gasteiger partial charge in [-0.1, -0.05) is 18.2 Å². The van der Waals surface area contributed by atoms with Gasteiger partial charge in [0.2, 0.25) is 0 Å². The van der Waals surface area contributed by atoms with E-state index in [9.17, 15) is 8.60 Å². The maximum absolute atomic E-state index is 12.6. The maximum Gasteiger partial charge on any atom is 0.131 e. The van der Waals surface area contributed by atoms with Gasteiger partial charge in [-0.15, -0.1) is 0 Å². The van der Waals surface area contributed by atoms with Crippen LogP contribution in [0, 0.1) is 5.82 Å². The van der Waals surface area contributed by atoms with Gasteiger partial charge in [0.05, 0.1) is 11.3 Å². The molecule has 0 aliphatic heterocycles. The van der Waals surface area contributed by atoms with Gasteiger partial charge < -0.3 is 0 Å². The largest absolute Gasteiger partial charge is 0.212 e. The second-order valence-corrected chi connectivity index (χ2v) is 2.16. The number of benzene rings is 1. The second-order valence-electron chi connectivity index (χ2n) is 1.74. The van der Waals surface area contributed by atoms with Crippen LogP contribution in [0.15, 0.2) is 24.3 Å². The standard InChI is InChI=1S/C7H5FOS/c8-7-4-2-1-3-6(7)5-10-9/h1-5H. The van der Waals surface area contributed by atoms with Gasteiger partial charge in [0, 0.05) is 10.9 Å². The Morgan fingerprint density at radius 2 is 2.10 bits per heavy atom. The van der Waals surface area contributed by atoms with Crippen molar-refractivity contribution in [2.24, 2.45) is 0 Å². The molecule has 0 heterocycles. The van der Waals surface area contributed by atoms with Gasteiger partial charge in [0.25, 0.3) is 0 Å². The molecule has 3 heteroatoms. The van der Waals surface area contributed by atoms with E-state index in [-0.39, 0.29) is 17.1 Å². The molecule has 0 amide bonds. The van der Waals surface area contributed by atoms with Crippen LogP contribution in [0.5, 0.6) is 0 Å². The summed E-state index contributed by atoms with van der Waals surface area (Å²) in [6.07, 6.45) is 0. The zero-order chi connectivity index (χ0) is 7.40. The summed E-state index contributed by atoms with van der Waals surface area (Å²) in [6.45, 7) is 0. The molecule has 0 bridgehead atoms. The first-order valence-electron chi connectivity index (χ1n) is 2.71. The van der Waals surface area contributed by atoms with Crippen molar-refractivity contribution in [3.63, 3.8) is 0 Å². The molecule has 1 aromatic rings. The quantitative estimate of drug-likeness (QED) is 0.558. The van der Waals surface area contributed by atoms with Crippen LogP contribution in [-0.2, 0) is 11.3 Å².